The van der Waals surface area contributed by atoms with E-state index < -0.39 is 43.5 Å². The molecular formula is C24H44O10. The number of aliphatic hydroxyl groups is 2. The van der Waals surface area contributed by atoms with Crippen molar-refractivity contribution in [2.24, 2.45) is 5.92 Å². The van der Waals surface area contributed by atoms with Crippen LogP contribution in [0.25, 0.3) is 0 Å². The topological polar surface area (TPSA) is 114 Å². The summed E-state index contributed by atoms with van der Waals surface area (Å²) in [5.41, 5.74) is 0. The monoisotopic (exact) mass is 492 g/mol. The maximum Gasteiger partial charge on any atom is 0.210 e. The van der Waals surface area contributed by atoms with Crippen molar-refractivity contribution >= 4 is 0 Å². The van der Waals surface area contributed by atoms with Gasteiger partial charge in [-0.15, -0.1) is 0 Å². The molecule has 0 amide bonds. The van der Waals surface area contributed by atoms with Crippen LogP contribution in [0.4, 0.5) is 0 Å². The minimum atomic E-state index is -1.32. The van der Waals surface area contributed by atoms with Crippen molar-refractivity contribution in [1.29, 1.82) is 0 Å². The summed E-state index contributed by atoms with van der Waals surface area (Å²) in [4.78, 5) is 0. The number of hydrogen-bond donors (Lipinski definition) is 2. The van der Waals surface area contributed by atoms with E-state index in [1.54, 1.807) is 7.11 Å². The van der Waals surface area contributed by atoms with Crippen LogP contribution in [-0.2, 0) is 37.9 Å². The largest absolute Gasteiger partial charge is 0.396 e. The Morgan fingerprint density at radius 1 is 0.912 bits per heavy atom. The second kappa shape index (κ2) is 13.2. The molecule has 0 aromatic carbocycles. The molecule has 0 bridgehead atoms. The standard InChI is InChI=1S/C24H44O10/c1-7-16-9-14(4)29-22(31-16)19(13(3)11-25)34-24-21(26)28-12-18(33-24)20(27-6)23-30-15(5)10-17(8-2)32-23/h13-26H,7-12H2,1-6H3. The molecule has 0 radical (unpaired) electrons. The van der Waals surface area contributed by atoms with Crippen molar-refractivity contribution in [1.82, 2.24) is 0 Å². The highest BCUT2D eigenvalue weighted by Gasteiger charge is 2.45. The van der Waals surface area contributed by atoms with Crippen LogP contribution in [0.15, 0.2) is 0 Å². The van der Waals surface area contributed by atoms with Crippen molar-refractivity contribution in [3.8, 4) is 0 Å². The van der Waals surface area contributed by atoms with Crippen LogP contribution < -0.4 is 0 Å². The molecule has 0 aromatic rings. The Balaban J connectivity index is 1.70. The smallest absolute Gasteiger partial charge is 0.210 e. The molecule has 2 N–H and O–H groups in total. The van der Waals surface area contributed by atoms with Gasteiger partial charge in [-0.25, -0.2) is 0 Å². The average molecular weight is 493 g/mol. The molecule has 3 heterocycles. The molecule has 12 unspecified atom stereocenters. The number of aliphatic hydroxyl groups excluding tert-OH is 2. The Bertz CT molecular complexity index is 594. The SMILES string of the molecule is CCC1CC(C)OC(C(OC2OC(C(OC)C3OC(C)CC(CC)O3)COC2O)C(C)CO)O1. The van der Waals surface area contributed by atoms with Gasteiger partial charge in [-0.1, -0.05) is 20.8 Å². The van der Waals surface area contributed by atoms with Crippen LogP contribution in [0.1, 0.15) is 60.3 Å². The molecule has 3 fully saturated rings. The third-order valence-corrected chi connectivity index (χ3v) is 6.77. The summed E-state index contributed by atoms with van der Waals surface area (Å²) in [7, 11) is 1.56. The van der Waals surface area contributed by atoms with E-state index in [9.17, 15) is 10.2 Å². The van der Waals surface area contributed by atoms with Gasteiger partial charge in [0.25, 0.3) is 0 Å². The maximum absolute atomic E-state index is 10.5. The van der Waals surface area contributed by atoms with E-state index in [0.29, 0.717) is 0 Å². The van der Waals surface area contributed by atoms with Gasteiger partial charge in [-0.3, -0.25) is 0 Å². The molecule has 12 atom stereocenters. The van der Waals surface area contributed by atoms with E-state index in [0.717, 1.165) is 25.7 Å². The van der Waals surface area contributed by atoms with Crippen LogP contribution in [0, 0.1) is 5.92 Å². The van der Waals surface area contributed by atoms with E-state index in [2.05, 4.69) is 13.8 Å². The van der Waals surface area contributed by atoms with E-state index in [1.165, 1.54) is 0 Å². The minimum Gasteiger partial charge on any atom is -0.396 e. The van der Waals surface area contributed by atoms with Crippen molar-refractivity contribution < 1.29 is 48.1 Å². The third kappa shape index (κ3) is 7.09. The number of ether oxygens (including phenoxy) is 8. The first-order valence-corrected chi connectivity index (χ1v) is 12.7. The molecule has 3 rings (SSSR count). The summed E-state index contributed by atoms with van der Waals surface area (Å²) in [6, 6.07) is 0. The first-order valence-electron chi connectivity index (χ1n) is 12.7. The predicted molar refractivity (Wildman–Crippen MR) is 121 cm³/mol. The van der Waals surface area contributed by atoms with Gasteiger partial charge in [0, 0.05) is 19.6 Å². The van der Waals surface area contributed by atoms with Crippen LogP contribution in [-0.4, -0.2) is 98.4 Å². The number of rotatable bonds is 10. The lowest BCUT2D eigenvalue weighted by molar-refractivity contribution is -0.387. The van der Waals surface area contributed by atoms with Crippen LogP contribution in [0.5, 0.6) is 0 Å². The zero-order valence-corrected chi connectivity index (χ0v) is 21.3. The second-order valence-electron chi connectivity index (χ2n) is 9.66. The van der Waals surface area contributed by atoms with Crippen molar-refractivity contribution in [2.75, 3.05) is 20.3 Å². The summed E-state index contributed by atoms with van der Waals surface area (Å²) in [5, 5.41) is 20.4. The molecule has 0 aliphatic carbocycles. The molecule has 3 aliphatic heterocycles. The summed E-state index contributed by atoms with van der Waals surface area (Å²) in [6.45, 7) is 9.90. The van der Waals surface area contributed by atoms with Gasteiger partial charge in [0.2, 0.25) is 12.6 Å². The van der Waals surface area contributed by atoms with Gasteiger partial charge in [0.05, 0.1) is 31.0 Å². The van der Waals surface area contributed by atoms with Gasteiger partial charge in [-0.05, 0) is 39.5 Å². The van der Waals surface area contributed by atoms with Gasteiger partial charge in [0.15, 0.2) is 12.6 Å². The van der Waals surface area contributed by atoms with Gasteiger partial charge in [-0.2, -0.15) is 0 Å². The molecule has 0 spiro atoms. The average Bonchev–Trinajstić information content (AvgIpc) is 2.83. The third-order valence-electron chi connectivity index (χ3n) is 6.77. The van der Waals surface area contributed by atoms with E-state index in [1.807, 2.05) is 20.8 Å². The lowest BCUT2D eigenvalue weighted by Crippen LogP contribution is -2.57. The number of methoxy groups -OCH3 is 1. The molecule has 0 aromatic heterocycles. The molecule has 10 nitrogen and oxygen atoms in total. The van der Waals surface area contributed by atoms with Gasteiger partial charge in [0.1, 0.15) is 18.3 Å². The summed E-state index contributed by atoms with van der Waals surface area (Å²) >= 11 is 0. The highest BCUT2D eigenvalue weighted by molar-refractivity contribution is 4.83. The molecule has 34 heavy (non-hydrogen) atoms. The lowest BCUT2D eigenvalue weighted by Gasteiger charge is -2.44. The first-order chi connectivity index (χ1) is 16.3. The van der Waals surface area contributed by atoms with Crippen LogP contribution in [0.3, 0.4) is 0 Å². The van der Waals surface area contributed by atoms with Crippen molar-refractivity contribution in [3.63, 3.8) is 0 Å². The van der Waals surface area contributed by atoms with Crippen LogP contribution in [0.2, 0.25) is 0 Å². The quantitative estimate of drug-likeness (QED) is 0.469. The summed E-state index contributed by atoms with van der Waals surface area (Å²) < 4.78 is 47.8. The van der Waals surface area contributed by atoms with Gasteiger partial charge < -0.3 is 48.1 Å². The highest BCUT2D eigenvalue weighted by Crippen LogP contribution is 2.31. The number of hydrogen-bond acceptors (Lipinski definition) is 10. The Kier molecular flexibility index (Phi) is 11.0. The Morgan fingerprint density at radius 3 is 2.06 bits per heavy atom. The molecule has 200 valence electrons. The van der Waals surface area contributed by atoms with E-state index in [-0.39, 0.29) is 43.5 Å². The fourth-order valence-corrected chi connectivity index (χ4v) is 4.69. The van der Waals surface area contributed by atoms with Crippen molar-refractivity contribution in [2.45, 2.75) is 128 Å². The van der Waals surface area contributed by atoms with Crippen LogP contribution >= 0.6 is 0 Å². The van der Waals surface area contributed by atoms with Crippen molar-refractivity contribution in [3.05, 3.63) is 0 Å². The summed E-state index contributed by atoms with van der Waals surface area (Å²) in [5.74, 6) is -0.335. The zero-order chi connectivity index (χ0) is 24.8. The molecule has 3 aliphatic rings. The fraction of sp³-hybridized carbons (Fsp3) is 1.00. The molecule has 10 heteroatoms. The summed E-state index contributed by atoms with van der Waals surface area (Å²) in [6.07, 6.45) is -2.27. The Hall–Kier alpha value is -0.400. The zero-order valence-electron chi connectivity index (χ0n) is 21.3. The lowest BCUT2D eigenvalue weighted by atomic mass is 10.0. The van der Waals surface area contributed by atoms with Gasteiger partial charge >= 0.3 is 0 Å². The normalized spacial score (nSPS) is 42.2. The molecule has 3 saturated heterocycles. The minimum absolute atomic E-state index is 0.0196. The second-order valence-corrected chi connectivity index (χ2v) is 9.66. The predicted octanol–water partition coefficient (Wildman–Crippen LogP) is 1.94. The highest BCUT2D eigenvalue weighted by atomic mass is 16.8. The molecule has 0 saturated carbocycles. The Labute approximate surface area is 203 Å². The Morgan fingerprint density at radius 2 is 1.50 bits per heavy atom. The fourth-order valence-electron chi connectivity index (χ4n) is 4.69. The first kappa shape index (κ1) is 28.2. The van der Waals surface area contributed by atoms with E-state index in [4.69, 9.17) is 37.9 Å². The van der Waals surface area contributed by atoms with E-state index >= 15 is 0 Å². The maximum atomic E-state index is 10.5. The molecular weight excluding hydrogens is 448 g/mol.